The van der Waals surface area contributed by atoms with Gasteiger partial charge in [0.2, 0.25) is 0 Å². The summed E-state index contributed by atoms with van der Waals surface area (Å²) in [5, 5.41) is 6.10. The summed E-state index contributed by atoms with van der Waals surface area (Å²) >= 11 is 5.80. The molecule has 0 spiro atoms. The number of nitrogens with zero attached hydrogens (tertiary/aromatic N) is 2. The average molecular weight is 407 g/mol. The number of nitrogens with one attached hydrogen (secondary N) is 2. The zero-order valence-corrected chi connectivity index (χ0v) is 16.3. The molecule has 1 aliphatic heterocycles. The van der Waals surface area contributed by atoms with Crippen LogP contribution in [0, 0.1) is 0 Å². The first-order valence-electron chi connectivity index (χ1n) is 9.25. The summed E-state index contributed by atoms with van der Waals surface area (Å²) < 4.78 is 0. The normalized spacial score (nSPS) is 12.8. The van der Waals surface area contributed by atoms with Crippen molar-refractivity contribution in [2.75, 3.05) is 17.2 Å². The summed E-state index contributed by atoms with van der Waals surface area (Å²) in [5.74, 6) is -0.0833. The molecule has 0 radical (unpaired) electrons. The van der Waals surface area contributed by atoms with Gasteiger partial charge >= 0.3 is 6.03 Å². The van der Waals surface area contributed by atoms with Crippen LogP contribution in [0.4, 0.5) is 16.2 Å². The number of amides is 3. The van der Waals surface area contributed by atoms with Crippen molar-refractivity contribution in [1.29, 1.82) is 0 Å². The summed E-state index contributed by atoms with van der Waals surface area (Å²) in [6.45, 7) is 1.04. The summed E-state index contributed by atoms with van der Waals surface area (Å²) in [5.41, 5.74) is 4.06. The number of benzene rings is 2. The Morgan fingerprint density at radius 2 is 1.79 bits per heavy atom. The van der Waals surface area contributed by atoms with Crippen molar-refractivity contribution < 1.29 is 9.59 Å². The molecule has 1 aliphatic rings. The van der Waals surface area contributed by atoms with Crippen LogP contribution in [0.1, 0.15) is 21.5 Å². The average Bonchev–Trinajstić information content (AvgIpc) is 2.74. The smallest absolute Gasteiger partial charge is 0.323 e. The molecule has 0 unspecified atom stereocenters. The van der Waals surface area contributed by atoms with E-state index in [9.17, 15) is 9.59 Å². The number of hydrogen-bond donors (Lipinski definition) is 2. The zero-order chi connectivity index (χ0) is 20.2. The van der Waals surface area contributed by atoms with Crippen LogP contribution >= 0.6 is 11.6 Å². The van der Waals surface area contributed by atoms with E-state index < -0.39 is 0 Å². The van der Waals surface area contributed by atoms with Gasteiger partial charge in [-0.2, -0.15) is 0 Å². The molecule has 0 fully saturated rings. The van der Waals surface area contributed by atoms with Crippen LogP contribution in [0.3, 0.4) is 0 Å². The van der Waals surface area contributed by atoms with Crippen molar-refractivity contribution in [3.05, 3.63) is 88.7 Å². The van der Waals surface area contributed by atoms with E-state index in [2.05, 4.69) is 15.6 Å². The lowest BCUT2D eigenvalue weighted by molar-refractivity contribution is 0.0734. The Kier molecular flexibility index (Phi) is 5.44. The molecule has 2 N–H and O–H groups in total. The summed E-state index contributed by atoms with van der Waals surface area (Å²) in [6.07, 6.45) is 2.15. The van der Waals surface area contributed by atoms with Gasteiger partial charge in [-0.15, -0.1) is 0 Å². The van der Waals surface area contributed by atoms with E-state index in [-0.39, 0.29) is 11.9 Å². The number of rotatable bonds is 3. The highest BCUT2D eigenvalue weighted by Gasteiger charge is 2.24. The molecule has 3 amide bonds. The lowest BCUT2D eigenvalue weighted by Gasteiger charge is -2.30. The van der Waals surface area contributed by atoms with Gasteiger partial charge in [-0.05, 0) is 47.9 Å². The fourth-order valence-corrected chi connectivity index (χ4v) is 3.50. The van der Waals surface area contributed by atoms with Gasteiger partial charge in [0.25, 0.3) is 5.91 Å². The highest BCUT2D eigenvalue weighted by Crippen LogP contribution is 2.27. The number of fused-ring (bicyclic) bond motifs is 1. The van der Waals surface area contributed by atoms with Crippen LogP contribution in [0.2, 0.25) is 5.15 Å². The number of urea groups is 1. The van der Waals surface area contributed by atoms with Crippen LogP contribution in [-0.2, 0) is 13.0 Å². The van der Waals surface area contributed by atoms with Crippen LogP contribution in [0.15, 0.2) is 66.9 Å². The molecule has 1 aromatic heterocycles. The second kappa shape index (κ2) is 8.32. The Bertz CT molecular complexity index is 1040. The molecule has 0 atom stereocenters. The van der Waals surface area contributed by atoms with E-state index in [0.717, 1.165) is 22.5 Å². The van der Waals surface area contributed by atoms with Gasteiger partial charge in [0.1, 0.15) is 5.15 Å². The Labute approximate surface area is 173 Å². The monoisotopic (exact) mass is 406 g/mol. The van der Waals surface area contributed by atoms with Crippen molar-refractivity contribution in [3.63, 3.8) is 0 Å². The number of pyridine rings is 1. The van der Waals surface area contributed by atoms with Crippen molar-refractivity contribution in [1.82, 2.24) is 9.88 Å². The minimum Gasteiger partial charge on any atom is -0.334 e. The molecule has 6 nitrogen and oxygen atoms in total. The molecule has 2 heterocycles. The number of para-hydroxylation sites is 1. The first kappa shape index (κ1) is 19.0. The van der Waals surface area contributed by atoms with Crippen LogP contribution in [0.5, 0.6) is 0 Å². The largest absolute Gasteiger partial charge is 0.334 e. The first-order valence-corrected chi connectivity index (χ1v) is 9.62. The fourth-order valence-electron chi connectivity index (χ4n) is 3.39. The third-order valence-corrected chi connectivity index (χ3v) is 5.03. The number of aromatic nitrogens is 1. The molecule has 0 saturated heterocycles. The summed E-state index contributed by atoms with van der Waals surface area (Å²) in [6, 6.07) is 18.0. The molecule has 3 aromatic rings. The number of carbonyl (C=O) groups excluding carboxylic acids is 2. The molecule has 7 heteroatoms. The topological polar surface area (TPSA) is 74.3 Å². The quantitative estimate of drug-likeness (QED) is 0.625. The fraction of sp³-hybridized carbons (Fsp3) is 0.136. The number of halogens is 1. The Morgan fingerprint density at radius 1 is 0.966 bits per heavy atom. The van der Waals surface area contributed by atoms with E-state index in [1.165, 1.54) is 6.20 Å². The van der Waals surface area contributed by atoms with Gasteiger partial charge in [0.15, 0.2) is 0 Å². The molecule has 0 saturated carbocycles. The predicted octanol–water partition coefficient (Wildman–Crippen LogP) is 4.58. The van der Waals surface area contributed by atoms with Crippen molar-refractivity contribution in [2.24, 2.45) is 0 Å². The molecule has 0 aliphatic carbocycles. The van der Waals surface area contributed by atoms with Gasteiger partial charge in [0, 0.05) is 30.7 Å². The minimum atomic E-state index is -0.296. The maximum atomic E-state index is 12.7. The standard InChI is InChI=1S/C22H19ClN4O2/c23-20-10-9-15(13-24-20)21(28)27-12-11-18-16(14-27)5-4-8-19(18)26-22(29)25-17-6-2-1-3-7-17/h1-10,13H,11-12,14H2,(H2,25,26,29). The highest BCUT2D eigenvalue weighted by molar-refractivity contribution is 6.29. The number of carbonyl (C=O) groups is 2. The SMILES string of the molecule is O=C(Nc1ccccc1)Nc1cccc2c1CCN(C(=O)c1ccc(Cl)nc1)C2. The van der Waals surface area contributed by atoms with Crippen molar-refractivity contribution >= 4 is 34.9 Å². The Balaban J connectivity index is 1.47. The first-order chi connectivity index (χ1) is 14.1. The molecule has 4 rings (SSSR count). The van der Waals surface area contributed by atoms with E-state index in [1.807, 2.05) is 48.5 Å². The Hall–Kier alpha value is -3.38. The summed E-state index contributed by atoms with van der Waals surface area (Å²) in [4.78, 5) is 30.9. The number of anilines is 2. The highest BCUT2D eigenvalue weighted by atomic mass is 35.5. The third kappa shape index (κ3) is 4.38. The Morgan fingerprint density at radius 3 is 2.55 bits per heavy atom. The second-order valence-corrected chi connectivity index (χ2v) is 7.12. The van der Waals surface area contributed by atoms with E-state index in [0.29, 0.717) is 30.2 Å². The second-order valence-electron chi connectivity index (χ2n) is 6.73. The predicted molar refractivity (Wildman–Crippen MR) is 113 cm³/mol. The molecule has 2 aromatic carbocycles. The van der Waals surface area contributed by atoms with Crippen LogP contribution < -0.4 is 10.6 Å². The lowest BCUT2D eigenvalue weighted by atomic mass is 9.97. The minimum absolute atomic E-state index is 0.0833. The lowest BCUT2D eigenvalue weighted by Crippen LogP contribution is -2.36. The van der Waals surface area contributed by atoms with Crippen LogP contribution in [0.25, 0.3) is 0 Å². The van der Waals surface area contributed by atoms with Crippen molar-refractivity contribution in [3.8, 4) is 0 Å². The summed E-state index contributed by atoms with van der Waals surface area (Å²) in [7, 11) is 0. The van der Waals surface area contributed by atoms with E-state index >= 15 is 0 Å². The van der Waals surface area contributed by atoms with E-state index in [1.54, 1.807) is 17.0 Å². The van der Waals surface area contributed by atoms with Gasteiger partial charge in [-0.1, -0.05) is 41.9 Å². The molecule has 146 valence electrons. The zero-order valence-electron chi connectivity index (χ0n) is 15.6. The maximum Gasteiger partial charge on any atom is 0.323 e. The maximum absolute atomic E-state index is 12.7. The van der Waals surface area contributed by atoms with Gasteiger partial charge in [-0.3, -0.25) is 4.79 Å². The van der Waals surface area contributed by atoms with Gasteiger partial charge < -0.3 is 15.5 Å². The van der Waals surface area contributed by atoms with Gasteiger partial charge in [0.05, 0.1) is 5.56 Å². The molecule has 0 bridgehead atoms. The molecule has 29 heavy (non-hydrogen) atoms. The van der Waals surface area contributed by atoms with Crippen molar-refractivity contribution in [2.45, 2.75) is 13.0 Å². The van der Waals surface area contributed by atoms with E-state index in [4.69, 9.17) is 11.6 Å². The van der Waals surface area contributed by atoms with Crippen LogP contribution in [-0.4, -0.2) is 28.4 Å². The third-order valence-electron chi connectivity index (χ3n) is 4.81. The number of hydrogen-bond acceptors (Lipinski definition) is 3. The molecular weight excluding hydrogens is 388 g/mol. The van der Waals surface area contributed by atoms with Gasteiger partial charge in [-0.25, -0.2) is 9.78 Å². The molecular formula is C22H19ClN4O2.